The summed E-state index contributed by atoms with van der Waals surface area (Å²) in [5, 5.41) is 23.8. The van der Waals surface area contributed by atoms with Gasteiger partial charge in [0.2, 0.25) is 5.82 Å². The van der Waals surface area contributed by atoms with Crippen molar-refractivity contribution in [2.24, 2.45) is 0 Å². The van der Waals surface area contributed by atoms with Crippen molar-refractivity contribution in [3.63, 3.8) is 0 Å². The number of nitrogens with zero attached hydrogens (tertiary/aromatic N) is 6. The summed E-state index contributed by atoms with van der Waals surface area (Å²) in [5.41, 5.74) is 4.92. The lowest BCUT2D eigenvalue weighted by molar-refractivity contribution is 0.881. The van der Waals surface area contributed by atoms with E-state index in [1.165, 1.54) is 0 Å². The predicted octanol–water partition coefficient (Wildman–Crippen LogP) is 3.39. The van der Waals surface area contributed by atoms with Crippen LogP contribution in [0, 0.1) is 0 Å². The first kappa shape index (κ1) is 18.0. The summed E-state index contributed by atoms with van der Waals surface area (Å²) < 4.78 is 0. The second kappa shape index (κ2) is 9.00. The number of fused-ring (bicyclic) bond motifs is 2. The van der Waals surface area contributed by atoms with Gasteiger partial charge in [-0.2, -0.15) is 20.6 Å². The molecule has 0 saturated heterocycles. The quantitative estimate of drug-likeness (QED) is 0.400. The number of imidazole rings is 1. The summed E-state index contributed by atoms with van der Waals surface area (Å²) in [5.74, 6) is 0.630. The number of benzene rings is 3. The molecule has 6 aromatic rings. The summed E-state index contributed by atoms with van der Waals surface area (Å²) in [6, 6.07) is 25.3. The Bertz CT molecular complexity index is 1130. The van der Waals surface area contributed by atoms with E-state index in [2.05, 4.69) is 46.0 Å². The van der Waals surface area contributed by atoms with Crippen LogP contribution >= 0.6 is 0 Å². The minimum atomic E-state index is 0.630. The molecule has 0 radical (unpaired) electrons. The number of tetrazole rings is 1. The van der Waals surface area contributed by atoms with Crippen molar-refractivity contribution in [2.45, 2.75) is 0 Å². The van der Waals surface area contributed by atoms with E-state index in [1.54, 1.807) is 6.33 Å². The second-order valence-corrected chi connectivity index (χ2v) is 5.83. The van der Waals surface area contributed by atoms with Gasteiger partial charge in [0.05, 0.1) is 17.4 Å². The number of nitrogens with one attached hydrogen (secondary N) is 3. The molecule has 142 valence electrons. The van der Waals surface area contributed by atoms with Gasteiger partial charge in [0, 0.05) is 5.56 Å². The zero-order valence-electron chi connectivity index (χ0n) is 15.3. The molecule has 0 aliphatic rings. The molecular formula is C20H17N9. The fourth-order valence-electron chi connectivity index (χ4n) is 2.54. The Morgan fingerprint density at radius 3 is 1.90 bits per heavy atom. The van der Waals surface area contributed by atoms with Gasteiger partial charge in [0.1, 0.15) is 11.0 Å². The Balaban J connectivity index is 0.000000107. The van der Waals surface area contributed by atoms with E-state index in [0.717, 1.165) is 27.6 Å². The molecule has 0 saturated carbocycles. The molecule has 9 heteroatoms. The van der Waals surface area contributed by atoms with Gasteiger partial charge < -0.3 is 4.98 Å². The molecule has 3 heterocycles. The minimum absolute atomic E-state index is 0.630. The lowest BCUT2D eigenvalue weighted by Crippen LogP contribution is -1.78. The predicted molar refractivity (Wildman–Crippen MR) is 110 cm³/mol. The van der Waals surface area contributed by atoms with E-state index in [9.17, 15) is 0 Å². The summed E-state index contributed by atoms with van der Waals surface area (Å²) >= 11 is 0. The highest BCUT2D eigenvalue weighted by Gasteiger charge is 1.98. The Labute approximate surface area is 165 Å². The summed E-state index contributed by atoms with van der Waals surface area (Å²) in [6.45, 7) is 0. The van der Waals surface area contributed by atoms with Gasteiger partial charge in [0.25, 0.3) is 0 Å². The monoisotopic (exact) mass is 383 g/mol. The van der Waals surface area contributed by atoms with Crippen LogP contribution < -0.4 is 0 Å². The maximum atomic E-state index is 4.06. The number of para-hydroxylation sites is 4. The second-order valence-electron chi connectivity index (χ2n) is 5.83. The number of rotatable bonds is 1. The van der Waals surface area contributed by atoms with E-state index in [-0.39, 0.29) is 0 Å². The number of hydrogen-bond donors (Lipinski definition) is 3. The van der Waals surface area contributed by atoms with Crippen LogP contribution in [0.15, 0.2) is 85.2 Å². The Morgan fingerprint density at radius 1 is 0.586 bits per heavy atom. The summed E-state index contributed by atoms with van der Waals surface area (Å²) in [6.07, 6.45) is 1.70. The zero-order chi connectivity index (χ0) is 19.7. The highest BCUT2D eigenvalue weighted by atomic mass is 15.5. The Kier molecular flexibility index (Phi) is 5.58. The lowest BCUT2D eigenvalue weighted by Gasteiger charge is -1.89. The third kappa shape index (κ3) is 4.66. The van der Waals surface area contributed by atoms with Crippen LogP contribution in [0.25, 0.3) is 33.5 Å². The first-order valence-electron chi connectivity index (χ1n) is 8.82. The average Bonchev–Trinajstić information content (AvgIpc) is 3.57. The standard InChI is InChI=1S/C7H6N4.C7H6N2.C6H5N3/c1-2-4-6(5-3-1)7-8-10-11-9-7;1-2-4-7-6(3-1)8-5-9-7;1-2-4-6-5(3-1)7-9-8-6/h1-5H,(H,8,9,10,11);1-5H,(H,8,9);1-4H,(H,7,8,9). The minimum Gasteiger partial charge on any atom is -0.345 e. The highest BCUT2D eigenvalue weighted by Crippen LogP contribution is 2.10. The number of aromatic nitrogens is 9. The van der Waals surface area contributed by atoms with Crippen molar-refractivity contribution in [1.82, 2.24) is 46.0 Å². The number of H-pyrrole nitrogens is 3. The normalized spacial score (nSPS) is 10.1. The van der Waals surface area contributed by atoms with Crippen LogP contribution in [0.4, 0.5) is 0 Å². The summed E-state index contributed by atoms with van der Waals surface area (Å²) in [7, 11) is 0. The topological polar surface area (TPSA) is 125 Å². The van der Waals surface area contributed by atoms with Crippen LogP contribution in [0.5, 0.6) is 0 Å². The van der Waals surface area contributed by atoms with E-state index in [1.807, 2.05) is 78.9 Å². The van der Waals surface area contributed by atoms with Gasteiger partial charge in [-0.05, 0) is 29.5 Å². The fraction of sp³-hybridized carbons (Fsp3) is 0. The SMILES string of the molecule is c1ccc(-c2nn[nH]n2)cc1.c1ccc2[nH]cnc2c1.c1ccc2n[nH]nc2c1. The highest BCUT2D eigenvalue weighted by molar-refractivity contribution is 5.74. The van der Waals surface area contributed by atoms with Gasteiger partial charge in [-0.25, -0.2) is 4.98 Å². The molecule has 0 aliphatic carbocycles. The van der Waals surface area contributed by atoms with Crippen molar-refractivity contribution in [1.29, 1.82) is 0 Å². The molecule has 0 aliphatic heterocycles. The zero-order valence-corrected chi connectivity index (χ0v) is 15.3. The third-order valence-electron chi connectivity index (χ3n) is 3.93. The number of aromatic amines is 3. The van der Waals surface area contributed by atoms with Crippen molar-refractivity contribution < 1.29 is 0 Å². The van der Waals surface area contributed by atoms with Crippen LogP contribution in [-0.4, -0.2) is 46.0 Å². The Morgan fingerprint density at radius 2 is 1.24 bits per heavy atom. The van der Waals surface area contributed by atoms with Crippen LogP contribution in [0.1, 0.15) is 0 Å². The van der Waals surface area contributed by atoms with Crippen molar-refractivity contribution in [3.8, 4) is 11.4 Å². The molecule has 3 aromatic heterocycles. The molecule has 0 atom stereocenters. The first-order chi connectivity index (χ1) is 14.4. The molecule has 0 unspecified atom stereocenters. The molecule has 0 spiro atoms. The van der Waals surface area contributed by atoms with Gasteiger partial charge in [-0.3, -0.25) is 0 Å². The van der Waals surface area contributed by atoms with Gasteiger partial charge >= 0.3 is 0 Å². The fourth-order valence-corrected chi connectivity index (χ4v) is 2.54. The van der Waals surface area contributed by atoms with Gasteiger partial charge in [-0.15, -0.1) is 10.2 Å². The van der Waals surface area contributed by atoms with E-state index in [4.69, 9.17) is 0 Å². The van der Waals surface area contributed by atoms with Crippen molar-refractivity contribution in [2.75, 3.05) is 0 Å². The molecule has 29 heavy (non-hydrogen) atoms. The maximum Gasteiger partial charge on any atom is 0.204 e. The van der Waals surface area contributed by atoms with Crippen molar-refractivity contribution >= 4 is 22.1 Å². The van der Waals surface area contributed by atoms with Crippen LogP contribution in [0.3, 0.4) is 0 Å². The van der Waals surface area contributed by atoms with E-state index in [0.29, 0.717) is 5.82 Å². The van der Waals surface area contributed by atoms with E-state index < -0.39 is 0 Å². The maximum absolute atomic E-state index is 4.06. The smallest absolute Gasteiger partial charge is 0.204 e. The van der Waals surface area contributed by atoms with Crippen LogP contribution in [-0.2, 0) is 0 Å². The third-order valence-corrected chi connectivity index (χ3v) is 3.93. The van der Waals surface area contributed by atoms with E-state index >= 15 is 0 Å². The van der Waals surface area contributed by atoms with Gasteiger partial charge in [-0.1, -0.05) is 54.6 Å². The molecule has 3 N–H and O–H groups in total. The molecular weight excluding hydrogens is 366 g/mol. The number of hydrogen-bond acceptors (Lipinski definition) is 6. The van der Waals surface area contributed by atoms with Crippen molar-refractivity contribution in [3.05, 3.63) is 85.2 Å². The molecule has 0 fully saturated rings. The lowest BCUT2D eigenvalue weighted by atomic mass is 10.2. The molecule has 0 amide bonds. The summed E-state index contributed by atoms with van der Waals surface area (Å²) in [4.78, 5) is 7.07. The molecule has 0 bridgehead atoms. The van der Waals surface area contributed by atoms with Gasteiger partial charge in [0.15, 0.2) is 0 Å². The first-order valence-corrected chi connectivity index (χ1v) is 8.82. The average molecular weight is 383 g/mol. The molecule has 9 nitrogen and oxygen atoms in total. The Hall–Kier alpha value is -4.40. The van der Waals surface area contributed by atoms with Crippen LogP contribution in [0.2, 0.25) is 0 Å². The largest absolute Gasteiger partial charge is 0.345 e. The molecule has 6 rings (SSSR count). The molecule has 3 aromatic carbocycles.